The van der Waals surface area contributed by atoms with Crippen LogP contribution in [0.25, 0.3) is 0 Å². The maximum absolute atomic E-state index is 13.4. The number of halogens is 1. The fraction of sp³-hybridized carbons (Fsp3) is 0.588. The van der Waals surface area contributed by atoms with Gasteiger partial charge in [0.05, 0.1) is 34.6 Å². The number of carbonyl (C=O) groups is 2. The van der Waals surface area contributed by atoms with Crippen molar-refractivity contribution >= 4 is 33.3 Å². The van der Waals surface area contributed by atoms with E-state index in [0.29, 0.717) is 23.8 Å². The van der Waals surface area contributed by atoms with Crippen molar-refractivity contribution in [1.29, 1.82) is 0 Å². The van der Waals surface area contributed by atoms with Gasteiger partial charge in [-0.2, -0.15) is 0 Å². The Bertz CT molecular complexity index is 1280. The first-order valence-electron chi connectivity index (χ1n) is 15.8. The lowest BCUT2D eigenvalue weighted by atomic mass is 9.82. The summed E-state index contributed by atoms with van der Waals surface area (Å²) in [5.41, 5.74) is 0.823. The molecule has 2 amide bonds. The largest absolute Gasteiger partial charge is 0.390 e. The van der Waals surface area contributed by atoms with Gasteiger partial charge in [0.2, 0.25) is 11.8 Å². The minimum atomic E-state index is -3.80. The van der Waals surface area contributed by atoms with E-state index < -0.39 is 51.6 Å². The number of carbonyl (C=O) groups excluding carboxylic acids is 2. The molecule has 0 unspecified atom stereocenters. The lowest BCUT2D eigenvalue weighted by Gasteiger charge is -2.33. The van der Waals surface area contributed by atoms with Gasteiger partial charge in [-0.15, -0.1) is 0 Å². The van der Waals surface area contributed by atoms with E-state index in [1.807, 2.05) is 44.2 Å². The molecule has 1 fully saturated rings. The fourth-order valence-electron chi connectivity index (χ4n) is 5.90. The number of rotatable bonds is 16. The van der Waals surface area contributed by atoms with E-state index in [1.165, 1.54) is 30.7 Å². The summed E-state index contributed by atoms with van der Waals surface area (Å²) in [5, 5.41) is 27.9. The molecule has 2 aromatic rings. The van der Waals surface area contributed by atoms with Gasteiger partial charge >= 0.3 is 0 Å². The van der Waals surface area contributed by atoms with E-state index in [0.717, 1.165) is 31.2 Å². The van der Waals surface area contributed by atoms with Crippen molar-refractivity contribution < 1.29 is 28.2 Å². The van der Waals surface area contributed by atoms with Crippen LogP contribution in [0.1, 0.15) is 71.3 Å². The average Bonchev–Trinajstić information content (AvgIpc) is 2.99. The Labute approximate surface area is 267 Å². The van der Waals surface area contributed by atoms with Crippen molar-refractivity contribution in [2.45, 2.75) is 95.3 Å². The summed E-state index contributed by atoms with van der Waals surface area (Å²) in [6.45, 7) is 5.63. The summed E-state index contributed by atoms with van der Waals surface area (Å²) in [5.74, 6) is -2.18. The van der Waals surface area contributed by atoms with Gasteiger partial charge < -0.3 is 20.8 Å². The Hall–Kier alpha value is -2.46. The summed E-state index contributed by atoms with van der Waals surface area (Å²) in [4.78, 5) is 26.8. The van der Waals surface area contributed by atoms with Crippen LogP contribution in [0.4, 0.5) is 0 Å². The molecule has 44 heavy (non-hydrogen) atoms. The van der Waals surface area contributed by atoms with Crippen LogP contribution in [-0.4, -0.2) is 61.0 Å². The zero-order valence-corrected chi connectivity index (χ0v) is 27.7. The summed E-state index contributed by atoms with van der Waals surface area (Å²) < 4.78 is 26.5. The van der Waals surface area contributed by atoms with Gasteiger partial charge in [-0.05, 0) is 60.9 Å². The highest BCUT2D eigenvalue weighted by molar-refractivity contribution is 7.91. The van der Waals surface area contributed by atoms with Crippen LogP contribution in [0.5, 0.6) is 0 Å². The highest BCUT2D eigenvalue weighted by Crippen LogP contribution is 2.29. The third-order valence-corrected chi connectivity index (χ3v) is 10.6. The van der Waals surface area contributed by atoms with E-state index in [2.05, 4.69) is 10.6 Å². The summed E-state index contributed by atoms with van der Waals surface area (Å²) in [6.07, 6.45) is 4.66. The van der Waals surface area contributed by atoms with Gasteiger partial charge in [-0.25, -0.2) is 8.42 Å². The second-order valence-electron chi connectivity index (χ2n) is 12.8. The molecule has 4 N–H and O–H groups in total. The second kappa shape index (κ2) is 17.3. The van der Waals surface area contributed by atoms with E-state index in [-0.39, 0.29) is 29.7 Å². The van der Waals surface area contributed by atoms with Crippen molar-refractivity contribution in [1.82, 2.24) is 10.6 Å². The third-order valence-electron chi connectivity index (χ3n) is 8.48. The van der Waals surface area contributed by atoms with E-state index >= 15 is 0 Å². The molecule has 1 saturated carbocycles. The van der Waals surface area contributed by atoms with Crippen LogP contribution < -0.4 is 10.6 Å². The smallest absolute Gasteiger partial charge is 0.224 e. The Kier molecular flexibility index (Phi) is 14.2. The highest BCUT2D eigenvalue weighted by atomic mass is 35.5. The zero-order valence-electron chi connectivity index (χ0n) is 26.1. The molecule has 0 aromatic heterocycles. The summed E-state index contributed by atoms with van der Waals surface area (Å²) >= 11 is 5.94. The lowest BCUT2D eigenvalue weighted by molar-refractivity contribution is -0.128. The standard InChI is InChI=1S/C34H49ClN2O6S/c1-23(2)18-31(38)32(39)30(20-26-12-8-5-9-13-26)37-33(40)24(3)21-36-34(41)27(19-25-10-6-4-7-11-25)22-44(42,43)29-16-14-28(35)15-17-29/h4,6-7,10-11,14-17,23-24,26-27,30-32,38-39H,5,8-9,12-13,18-22H2,1-3H3,(H,36,41)(H,37,40)/t24-,27-,30+,31+,32-/m1/s1. The SMILES string of the molecule is CC(C)C[C@H](O)[C@H](O)[C@H](CC1CCCCC1)NC(=O)[C@H](C)CNC(=O)[C@H](Cc1ccccc1)CS(=O)(=O)c1ccc(Cl)cc1. The molecule has 0 bridgehead atoms. The molecule has 0 aliphatic heterocycles. The molecule has 2 aromatic carbocycles. The molecular formula is C34H49ClN2O6S. The molecule has 0 radical (unpaired) electrons. The molecular weight excluding hydrogens is 600 g/mol. The number of hydrogen-bond acceptors (Lipinski definition) is 6. The number of benzene rings is 2. The minimum absolute atomic E-state index is 0.00224. The average molecular weight is 649 g/mol. The Morgan fingerprint density at radius 2 is 1.57 bits per heavy atom. The Morgan fingerprint density at radius 3 is 2.18 bits per heavy atom. The molecule has 8 nitrogen and oxygen atoms in total. The molecule has 10 heteroatoms. The minimum Gasteiger partial charge on any atom is -0.390 e. The summed E-state index contributed by atoms with van der Waals surface area (Å²) in [6, 6.07) is 14.5. The molecule has 3 rings (SSSR count). The Morgan fingerprint density at radius 1 is 0.932 bits per heavy atom. The van der Waals surface area contributed by atoms with E-state index in [1.54, 1.807) is 6.92 Å². The zero-order chi connectivity index (χ0) is 32.3. The number of amides is 2. The van der Waals surface area contributed by atoms with Crippen molar-refractivity contribution in [3.8, 4) is 0 Å². The number of aliphatic hydroxyl groups excluding tert-OH is 2. The molecule has 0 heterocycles. The van der Waals surface area contributed by atoms with Crippen LogP contribution in [0.2, 0.25) is 5.02 Å². The first-order valence-corrected chi connectivity index (χ1v) is 17.8. The molecule has 0 spiro atoms. The van der Waals surface area contributed by atoms with E-state index in [4.69, 9.17) is 11.6 Å². The fourth-order valence-corrected chi connectivity index (χ4v) is 7.57. The topological polar surface area (TPSA) is 133 Å². The predicted octanol–water partition coefficient (Wildman–Crippen LogP) is 4.95. The van der Waals surface area contributed by atoms with Crippen LogP contribution in [0.15, 0.2) is 59.5 Å². The van der Waals surface area contributed by atoms with Gasteiger partial charge in [0, 0.05) is 11.6 Å². The van der Waals surface area contributed by atoms with Crippen molar-refractivity contribution in [3.05, 3.63) is 65.2 Å². The second-order valence-corrected chi connectivity index (χ2v) is 15.3. The van der Waals surface area contributed by atoms with Gasteiger partial charge in [-0.1, -0.05) is 94.8 Å². The lowest BCUT2D eigenvalue weighted by Crippen LogP contribution is -2.52. The van der Waals surface area contributed by atoms with Crippen LogP contribution in [0, 0.1) is 23.7 Å². The van der Waals surface area contributed by atoms with Crippen LogP contribution in [0.3, 0.4) is 0 Å². The third kappa shape index (κ3) is 11.5. The first kappa shape index (κ1) is 36.0. The molecule has 244 valence electrons. The first-order chi connectivity index (χ1) is 20.9. The molecule has 5 atom stereocenters. The quantitative estimate of drug-likeness (QED) is 0.204. The predicted molar refractivity (Wildman–Crippen MR) is 174 cm³/mol. The van der Waals surface area contributed by atoms with Crippen molar-refractivity contribution in [2.24, 2.45) is 23.7 Å². The molecule has 1 aliphatic carbocycles. The normalized spacial score (nSPS) is 17.8. The van der Waals surface area contributed by atoms with Gasteiger partial charge in [0.15, 0.2) is 9.84 Å². The number of sulfone groups is 1. The van der Waals surface area contributed by atoms with Crippen LogP contribution in [-0.2, 0) is 25.8 Å². The van der Waals surface area contributed by atoms with Crippen molar-refractivity contribution in [2.75, 3.05) is 12.3 Å². The molecule has 1 aliphatic rings. The Balaban J connectivity index is 1.67. The highest BCUT2D eigenvalue weighted by Gasteiger charge is 2.33. The molecule has 0 saturated heterocycles. The van der Waals surface area contributed by atoms with Crippen LogP contribution >= 0.6 is 11.6 Å². The van der Waals surface area contributed by atoms with Gasteiger partial charge in [-0.3, -0.25) is 9.59 Å². The van der Waals surface area contributed by atoms with E-state index in [9.17, 15) is 28.2 Å². The van der Waals surface area contributed by atoms with Crippen molar-refractivity contribution in [3.63, 3.8) is 0 Å². The van der Waals surface area contributed by atoms with Gasteiger partial charge in [0.1, 0.15) is 6.10 Å². The summed E-state index contributed by atoms with van der Waals surface area (Å²) in [7, 11) is -3.80. The van der Waals surface area contributed by atoms with Gasteiger partial charge in [0.25, 0.3) is 0 Å². The maximum Gasteiger partial charge on any atom is 0.224 e. The maximum atomic E-state index is 13.4. The number of aliphatic hydroxyl groups is 2. The number of nitrogens with one attached hydrogen (secondary N) is 2. The monoisotopic (exact) mass is 648 g/mol. The number of hydrogen-bond donors (Lipinski definition) is 4.